The third-order valence-corrected chi connectivity index (χ3v) is 3.74. The number of rotatable bonds is 6. The van der Waals surface area contributed by atoms with E-state index in [9.17, 15) is 0 Å². The van der Waals surface area contributed by atoms with Crippen molar-refractivity contribution in [1.29, 1.82) is 0 Å². The van der Waals surface area contributed by atoms with Crippen molar-refractivity contribution >= 4 is 23.5 Å². The molecule has 0 aliphatic rings. The molecule has 0 atom stereocenters. The molecule has 0 fully saturated rings. The maximum Gasteiger partial charge on any atom is 0.179 e. The molecule has 5 heteroatoms. The van der Waals surface area contributed by atoms with Crippen LogP contribution in [0.4, 0.5) is 5.69 Å². The van der Waals surface area contributed by atoms with Crippen molar-refractivity contribution in [3.63, 3.8) is 0 Å². The van der Waals surface area contributed by atoms with Crippen molar-refractivity contribution in [2.24, 2.45) is 5.10 Å². The molecule has 2 aromatic carbocycles. The largest absolute Gasteiger partial charge is 0.493 e. The predicted octanol–water partition coefficient (Wildman–Crippen LogP) is 4.81. The van der Waals surface area contributed by atoms with Crippen LogP contribution >= 0.6 is 11.6 Å². The first-order valence-electron chi connectivity index (χ1n) is 7.41. The second kappa shape index (κ2) is 7.88. The molecule has 2 rings (SSSR count). The number of nitrogens with zero attached hydrogens (tertiary/aromatic N) is 1. The molecule has 0 amide bonds. The van der Waals surface area contributed by atoms with Gasteiger partial charge in [-0.05, 0) is 61.7 Å². The van der Waals surface area contributed by atoms with Crippen molar-refractivity contribution < 1.29 is 9.47 Å². The second-order valence-electron chi connectivity index (χ2n) is 5.14. The molecule has 0 aliphatic carbocycles. The third-order valence-electron chi connectivity index (χ3n) is 3.45. The minimum Gasteiger partial charge on any atom is -0.493 e. The summed E-state index contributed by atoms with van der Waals surface area (Å²) in [7, 11) is 1.59. The number of hydrazone groups is 1. The number of hydrogen-bond acceptors (Lipinski definition) is 4. The zero-order chi connectivity index (χ0) is 16.8. The molecule has 0 aromatic heterocycles. The van der Waals surface area contributed by atoms with Crippen LogP contribution in [0.25, 0.3) is 0 Å². The van der Waals surface area contributed by atoms with E-state index in [-0.39, 0.29) is 0 Å². The van der Waals surface area contributed by atoms with E-state index in [4.69, 9.17) is 21.1 Å². The van der Waals surface area contributed by atoms with Gasteiger partial charge in [0.1, 0.15) is 0 Å². The van der Waals surface area contributed by atoms with Crippen LogP contribution in [-0.2, 0) is 0 Å². The Labute approximate surface area is 142 Å². The van der Waals surface area contributed by atoms with Crippen molar-refractivity contribution in [3.8, 4) is 11.5 Å². The first-order chi connectivity index (χ1) is 11.0. The molecule has 4 nitrogen and oxygen atoms in total. The SMILES string of the molecule is CCOc1c(Cl)cc(/C=N/Nc2ccc(C)c(C)c2)cc1OC. The summed E-state index contributed by atoms with van der Waals surface area (Å²) in [5, 5.41) is 4.74. The monoisotopic (exact) mass is 332 g/mol. The van der Waals surface area contributed by atoms with Gasteiger partial charge in [-0.3, -0.25) is 5.43 Å². The Morgan fingerprint density at radius 3 is 2.61 bits per heavy atom. The van der Waals surface area contributed by atoms with Crippen LogP contribution in [0.1, 0.15) is 23.6 Å². The number of benzene rings is 2. The number of hydrogen-bond donors (Lipinski definition) is 1. The number of aryl methyl sites for hydroxylation is 2. The van der Waals surface area contributed by atoms with E-state index in [0.29, 0.717) is 23.1 Å². The van der Waals surface area contributed by atoms with Gasteiger partial charge in [0.25, 0.3) is 0 Å². The quantitative estimate of drug-likeness (QED) is 0.609. The van der Waals surface area contributed by atoms with E-state index >= 15 is 0 Å². The third kappa shape index (κ3) is 4.39. The van der Waals surface area contributed by atoms with Crippen LogP contribution in [0, 0.1) is 13.8 Å². The summed E-state index contributed by atoms with van der Waals surface area (Å²) in [6.45, 7) is 6.58. The van der Waals surface area contributed by atoms with Crippen LogP contribution in [0.15, 0.2) is 35.4 Å². The fraction of sp³-hybridized carbons (Fsp3) is 0.278. The zero-order valence-corrected chi connectivity index (χ0v) is 14.6. The molecular weight excluding hydrogens is 312 g/mol. The van der Waals surface area contributed by atoms with Crippen LogP contribution in [0.2, 0.25) is 5.02 Å². The van der Waals surface area contributed by atoms with Gasteiger partial charge in [-0.25, -0.2) is 0 Å². The average molecular weight is 333 g/mol. The zero-order valence-electron chi connectivity index (χ0n) is 13.8. The van der Waals surface area contributed by atoms with E-state index < -0.39 is 0 Å². The normalized spacial score (nSPS) is 10.8. The Morgan fingerprint density at radius 1 is 1.17 bits per heavy atom. The highest BCUT2D eigenvalue weighted by Crippen LogP contribution is 2.36. The lowest BCUT2D eigenvalue weighted by Crippen LogP contribution is -1.98. The summed E-state index contributed by atoms with van der Waals surface area (Å²) < 4.78 is 10.8. The summed E-state index contributed by atoms with van der Waals surface area (Å²) >= 11 is 6.24. The van der Waals surface area contributed by atoms with Gasteiger partial charge in [-0.2, -0.15) is 5.10 Å². The van der Waals surface area contributed by atoms with Gasteiger partial charge in [-0.15, -0.1) is 0 Å². The standard InChI is InChI=1S/C18H21ClN2O2/c1-5-23-18-16(19)9-14(10-17(18)22-4)11-20-21-15-7-6-12(2)13(3)8-15/h6-11,21H,5H2,1-4H3/b20-11+. The molecule has 0 saturated carbocycles. The summed E-state index contributed by atoms with van der Waals surface area (Å²) in [4.78, 5) is 0. The van der Waals surface area contributed by atoms with Gasteiger partial charge in [0.05, 0.1) is 30.6 Å². The minimum atomic E-state index is 0.499. The first kappa shape index (κ1) is 17.2. The molecule has 0 radical (unpaired) electrons. The Hall–Kier alpha value is -2.20. The van der Waals surface area contributed by atoms with Gasteiger partial charge in [0, 0.05) is 0 Å². The Balaban J connectivity index is 2.15. The van der Waals surface area contributed by atoms with Crippen molar-refractivity contribution in [2.45, 2.75) is 20.8 Å². The van der Waals surface area contributed by atoms with Crippen LogP contribution < -0.4 is 14.9 Å². The van der Waals surface area contributed by atoms with Crippen LogP contribution in [-0.4, -0.2) is 19.9 Å². The van der Waals surface area contributed by atoms with Gasteiger partial charge < -0.3 is 9.47 Å². The van der Waals surface area contributed by atoms with Crippen LogP contribution in [0.3, 0.4) is 0 Å². The fourth-order valence-corrected chi connectivity index (χ4v) is 2.36. The van der Waals surface area contributed by atoms with Gasteiger partial charge in [-0.1, -0.05) is 17.7 Å². The maximum absolute atomic E-state index is 6.24. The predicted molar refractivity (Wildman–Crippen MR) is 96.3 cm³/mol. The Morgan fingerprint density at radius 2 is 1.96 bits per heavy atom. The van der Waals surface area contributed by atoms with E-state index in [2.05, 4.69) is 36.5 Å². The molecule has 0 heterocycles. The van der Waals surface area contributed by atoms with E-state index in [1.807, 2.05) is 19.1 Å². The average Bonchev–Trinajstić information content (AvgIpc) is 2.53. The van der Waals surface area contributed by atoms with E-state index in [1.54, 1.807) is 19.4 Å². The molecular formula is C18H21ClN2O2. The number of methoxy groups -OCH3 is 1. The van der Waals surface area contributed by atoms with Crippen LogP contribution in [0.5, 0.6) is 11.5 Å². The Kier molecular flexibility index (Phi) is 5.88. The Bertz CT molecular complexity index is 714. The van der Waals surface area contributed by atoms with Crippen molar-refractivity contribution in [3.05, 3.63) is 52.0 Å². The molecule has 1 N–H and O–H groups in total. The molecule has 122 valence electrons. The highest BCUT2D eigenvalue weighted by atomic mass is 35.5. The summed E-state index contributed by atoms with van der Waals surface area (Å²) in [6, 6.07) is 9.73. The summed E-state index contributed by atoms with van der Waals surface area (Å²) in [6.07, 6.45) is 1.69. The fourth-order valence-electron chi connectivity index (χ4n) is 2.09. The molecule has 2 aromatic rings. The minimum absolute atomic E-state index is 0.499. The van der Waals surface area contributed by atoms with Gasteiger partial charge in [0.2, 0.25) is 0 Å². The smallest absolute Gasteiger partial charge is 0.179 e. The molecule has 0 bridgehead atoms. The lowest BCUT2D eigenvalue weighted by Gasteiger charge is -2.11. The summed E-state index contributed by atoms with van der Waals surface area (Å²) in [5.74, 6) is 1.14. The lowest BCUT2D eigenvalue weighted by molar-refractivity contribution is 0.311. The summed E-state index contributed by atoms with van der Waals surface area (Å²) in [5.41, 5.74) is 7.25. The van der Waals surface area contributed by atoms with Crippen molar-refractivity contribution in [1.82, 2.24) is 0 Å². The maximum atomic E-state index is 6.24. The number of halogens is 1. The highest BCUT2D eigenvalue weighted by molar-refractivity contribution is 6.32. The highest BCUT2D eigenvalue weighted by Gasteiger charge is 2.10. The molecule has 0 saturated heterocycles. The van der Waals surface area contributed by atoms with E-state index in [0.717, 1.165) is 11.3 Å². The number of anilines is 1. The van der Waals surface area contributed by atoms with E-state index in [1.165, 1.54) is 11.1 Å². The first-order valence-corrected chi connectivity index (χ1v) is 7.79. The molecule has 0 spiro atoms. The number of ether oxygens (including phenoxy) is 2. The molecule has 0 aliphatic heterocycles. The van der Waals surface area contributed by atoms with Gasteiger partial charge in [0.15, 0.2) is 11.5 Å². The second-order valence-corrected chi connectivity index (χ2v) is 5.54. The van der Waals surface area contributed by atoms with Gasteiger partial charge >= 0.3 is 0 Å². The number of nitrogens with one attached hydrogen (secondary N) is 1. The van der Waals surface area contributed by atoms with Crippen molar-refractivity contribution in [2.75, 3.05) is 19.1 Å². The molecule has 0 unspecified atom stereocenters. The topological polar surface area (TPSA) is 42.8 Å². The molecule has 23 heavy (non-hydrogen) atoms. The lowest BCUT2D eigenvalue weighted by atomic mass is 10.1.